The van der Waals surface area contributed by atoms with Gasteiger partial charge in [-0.2, -0.15) is 26.3 Å². The lowest BCUT2D eigenvalue weighted by Gasteiger charge is -2.08. The Balaban J connectivity index is 0.000000273. The van der Waals surface area contributed by atoms with E-state index in [-0.39, 0.29) is 12.2 Å². The van der Waals surface area contributed by atoms with Gasteiger partial charge in [0, 0.05) is 37.3 Å². The van der Waals surface area contributed by atoms with Crippen molar-refractivity contribution in [2.24, 2.45) is 11.5 Å². The van der Waals surface area contributed by atoms with E-state index in [2.05, 4.69) is 36.5 Å². The molecule has 0 heterocycles. The summed E-state index contributed by atoms with van der Waals surface area (Å²) in [4.78, 5) is 10.1. The third-order valence-corrected chi connectivity index (χ3v) is 8.56. The summed E-state index contributed by atoms with van der Waals surface area (Å²) in [5.41, 5.74) is 18.4. The molecule has 0 spiro atoms. The predicted octanol–water partition coefficient (Wildman–Crippen LogP) is 11.8. The number of benzene rings is 6. The number of aliphatic hydroxyl groups excluding tert-OH is 1. The first kappa shape index (κ1) is 51.4. The Bertz CT molecular complexity index is 2090. The number of carbonyl (C=O) groups excluding carboxylic acids is 1. The third-order valence-electron chi connectivity index (χ3n) is 8.56. The third kappa shape index (κ3) is 20.9. The number of hydrogen-bond donors (Lipinski definition) is 4. The zero-order valence-corrected chi connectivity index (χ0v) is 34.1. The molecule has 0 radical (unpaired) electrons. The molecule has 0 aliphatic carbocycles. The van der Waals surface area contributed by atoms with E-state index in [0.29, 0.717) is 31.7 Å². The Morgan fingerprint density at radius 3 is 1.13 bits per heavy atom. The van der Waals surface area contributed by atoms with Crippen molar-refractivity contribution >= 4 is 6.29 Å². The molecular weight excluding hydrogens is 803 g/mol. The quantitative estimate of drug-likeness (QED) is 0.0857. The molecule has 6 aromatic rings. The molecule has 0 atom stereocenters. The lowest BCUT2D eigenvalue weighted by molar-refractivity contribution is -0.138. The van der Waals surface area contributed by atoms with E-state index in [1.54, 1.807) is 12.1 Å². The van der Waals surface area contributed by atoms with Gasteiger partial charge in [0.25, 0.3) is 6.43 Å². The van der Waals surface area contributed by atoms with E-state index in [9.17, 15) is 39.9 Å². The lowest BCUT2D eigenvalue weighted by atomic mass is 10.1. The number of hydrogen-bond acceptors (Lipinski definition) is 5. The molecule has 13 heteroatoms. The average Bonchev–Trinajstić information content (AvgIpc) is 3.25. The summed E-state index contributed by atoms with van der Waals surface area (Å²) in [5, 5.41) is 11.8. The molecule has 6 aromatic carbocycles. The zero-order chi connectivity index (χ0) is 45.4. The van der Waals surface area contributed by atoms with Gasteiger partial charge in [-0.15, -0.1) is 0 Å². The van der Waals surface area contributed by atoms with Crippen molar-refractivity contribution in [3.8, 4) is 0 Å². The van der Waals surface area contributed by atoms with Crippen LogP contribution in [0, 0.1) is 20.8 Å². The van der Waals surface area contributed by atoms with Crippen LogP contribution in [0.25, 0.3) is 0 Å². The monoisotopic (exact) mass is 853 g/mol. The Morgan fingerprint density at radius 2 is 0.820 bits per heavy atom. The van der Waals surface area contributed by atoms with Crippen LogP contribution >= 0.6 is 0 Å². The first-order valence-electron chi connectivity index (χ1n) is 18.9. The van der Waals surface area contributed by atoms with Crippen molar-refractivity contribution in [1.29, 1.82) is 0 Å². The summed E-state index contributed by atoms with van der Waals surface area (Å²) < 4.78 is 97.1. The number of alkyl halides is 8. The van der Waals surface area contributed by atoms with Gasteiger partial charge in [0.1, 0.15) is 6.29 Å². The number of aryl methyl sites for hydroxylation is 3. The first-order chi connectivity index (χ1) is 28.9. The lowest BCUT2D eigenvalue weighted by Crippen LogP contribution is -2.13. The van der Waals surface area contributed by atoms with Gasteiger partial charge < -0.3 is 21.9 Å². The second-order valence-electron chi connectivity index (χ2n) is 13.6. The van der Waals surface area contributed by atoms with E-state index in [0.717, 1.165) is 52.8 Å². The van der Waals surface area contributed by atoms with Gasteiger partial charge in [-0.05, 0) is 72.9 Å². The van der Waals surface area contributed by atoms with Crippen molar-refractivity contribution in [3.05, 3.63) is 212 Å². The van der Waals surface area contributed by atoms with Crippen LogP contribution < -0.4 is 16.8 Å². The molecule has 0 aliphatic heterocycles. The number of rotatable bonds is 9. The molecule has 0 unspecified atom stereocenters. The maximum absolute atomic E-state index is 12.4. The minimum atomic E-state index is -4.30. The maximum atomic E-state index is 12.4. The molecule has 5 nitrogen and oxygen atoms in total. The molecule has 6 rings (SSSR count). The minimum absolute atomic E-state index is 0.0437. The Kier molecular flexibility index (Phi) is 22.3. The standard InChI is InChI=1S/C16H16F3N.C8H7F3O.C8H9F2N.C8H11N.C8H8O/c1-12-2-4-13(5-3-12)10-20-11-14-6-8-15(9-7-14)16(17,18)19;9-8(10,11)7-3-1-6(5-12)2-4-7;9-8(10)7-3-1-6(5-11)2-4-7;2*1-7-2-4-8(6-9)5-3-7/h2-9,20H,10-11H2,1H3;1-4,12H,5H2;1-4,8H,5,11H2;2-5H,6,9H2,1H3;2-6H,1H3. The summed E-state index contributed by atoms with van der Waals surface area (Å²) in [5.74, 6) is 0. The minimum Gasteiger partial charge on any atom is -0.392 e. The Labute approximate surface area is 352 Å². The molecule has 61 heavy (non-hydrogen) atoms. The molecule has 0 saturated carbocycles. The van der Waals surface area contributed by atoms with Crippen LogP contribution in [0.4, 0.5) is 35.1 Å². The van der Waals surface area contributed by atoms with Crippen LogP contribution in [0.1, 0.15) is 78.0 Å². The highest BCUT2D eigenvalue weighted by Crippen LogP contribution is 2.30. The number of carbonyl (C=O) groups is 1. The SMILES string of the molecule is Cc1ccc(C=O)cc1.Cc1ccc(CN)cc1.Cc1ccc(CNCc2ccc(C(F)(F)F)cc2)cc1.NCc1ccc(C(F)F)cc1.OCc1ccc(C(F)(F)F)cc1. The molecule has 0 amide bonds. The normalized spacial score (nSPS) is 10.7. The molecule has 0 aromatic heterocycles. The van der Waals surface area contributed by atoms with Crippen LogP contribution in [0.15, 0.2) is 146 Å². The number of aldehydes is 1. The van der Waals surface area contributed by atoms with Gasteiger partial charge in [0.15, 0.2) is 0 Å². The highest BCUT2D eigenvalue weighted by Gasteiger charge is 2.30. The van der Waals surface area contributed by atoms with Crippen molar-refractivity contribution in [2.45, 2.75) is 72.3 Å². The summed E-state index contributed by atoms with van der Waals surface area (Å²) in [7, 11) is 0. The maximum Gasteiger partial charge on any atom is 0.416 e. The van der Waals surface area contributed by atoms with Gasteiger partial charge in [-0.1, -0.05) is 138 Å². The van der Waals surface area contributed by atoms with Crippen LogP contribution in [-0.2, 0) is 45.1 Å². The van der Waals surface area contributed by atoms with Crippen molar-refractivity contribution in [1.82, 2.24) is 5.32 Å². The van der Waals surface area contributed by atoms with Crippen LogP contribution in [-0.4, -0.2) is 11.4 Å². The van der Waals surface area contributed by atoms with Crippen LogP contribution in [0.2, 0.25) is 0 Å². The molecule has 0 aliphatic rings. The number of aliphatic hydroxyl groups is 1. The van der Waals surface area contributed by atoms with Gasteiger partial charge in [-0.25, -0.2) is 8.78 Å². The molecule has 6 N–H and O–H groups in total. The largest absolute Gasteiger partial charge is 0.416 e. The molecule has 0 saturated heterocycles. The summed E-state index contributed by atoms with van der Waals surface area (Å²) in [6.07, 6.45) is -10.1. The predicted molar refractivity (Wildman–Crippen MR) is 225 cm³/mol. The molecule has 326 valence electrons. The summed E-state index contributed by atoms with van der Waals surface area (Å²) in [6, 6.07) is 39.5. The van der Waals surface area contributed by atoms with Crippen molar-refractivity contribution in [3.63, 3.8) is 0 Å². The zero-order valence-electron chi connectivity index (χ0n) is 34.1. The highest BCUT2D eigenvalue weighted by atomic mass is 19.4. The number of halogens is 8. The fourth-order valence-corrected chi connectivity index (χ4v) is 4.84. The van der Waals surface area contributed by atoms with E-state index in [1.807, 2.05) is 62.4 Å². The van der Waals surface area contributed by atoms with E-state index >= 15 is 0 Å². The Hall–Kier alpha value is -5.73. The smallest absolute Gasteiger partial charge is 0.392 e. The molecule has 0 bridgehead atoms. The number of nitrogens with two attached hydrogens (primary N) is 2. The fourth-order valence-electron chi connectivity index (χ4n) is 4.84. The Morgan fingerprint density at radius 1 is 0.508 bits per heavy atom. The second-order valence-corrected chi connectivity index (χ2v) is 13.6. The van der Waals surface area contributed by atoms with E-state index < -0.39 is 29.9 Å². The van der Waals surface area contributed by atoms with E-state index in [4.69, 9.17) is 16.6 Å². The van der Waals surface area contributed by atoms with Crippen LogP contribution in [0.5, 0.6) is 0 Å². The molecular formula is C48H51F8N3O2. The topological polar surface area (TPSA) is 101 Å². The molecule has 0 fully saturated rings. The van der Waals surface area contributed by atoms with Crippen molar-refractivity contribution < 1.29 is 45.0 Å². The average molecular weight is 854 g/mol. The number of nitrogens with one attached hydrogen (secondary N) is 1. The van der Waals surface area contributed by atoms with Gasteiger partial charge in [-0.3, -0.25) is 4.79 Å². The van der Waals surface area contributed by atoms with Gasteiger partial charge in [0.05, 0.1) is 17.7 Å². The van der Waals surface area contributed by atoms with Crippen LogP contribution in [0.3, 0.4) is 0 Å². The summed E-state index contributed by atoms with van der Waals surface area (Å²) in [6.45, 7) is 8.13. The highest BCUT2D eigenvalue weighted by molar-refractivity contribution is 5.74. The summed E-state index contributed by atoms with van der Waals surface area (Å²) >= 11 is 0. The first-order valence-corrected chi connectivity index (χ1v) is 18.9. The second kappa shape index (κ2) is 26.5. The van der Waals surface area contributed by atoms with Gasteiger partial charge >= 0.3 is 12.4 Å². The van der Waals surface area contributed by atoms with Gasteiger partial charge in [0.2, 0.25) is 0 Å². The van der Waals surface area contributed by atoms with Crippen molar-refractivity contribution in [2.75, 3.05) is 0 Å². The van der Waals surface area contributed by atoms with E-state index in [1.165, 1.54) is 58.7 Å². The fraction of sp³-hybridized carbons (Fsp3) is 0.229.